The van der Waals surface area contributed by atoms with Crippen molar-refractivity contribution in [3.05, 3.63) is 54.7 Å². The third kappa shape index (κ3) is 4.78. The molecule has 0 aliphatic heterocycles. The van der Waals surface area contributed by atoms with E-state index in [9.17, 15) is 4.79 Å². The van der Waals surface area contributed by atoms with Gasteiger partial charge in [-0.3, -0.25) is 14.6 Å². The summed E-state index contributed by atoms with van der Waals surface area (Å²) in [4.78, 5) is 27.3. The predicted octanol–water partition coefficient (Wildman–Crippen LogP) is 2.89. The average molecular weight is 441 g/mol. The summed E-state index contributed by atoms with van der Waals surface area (Å²) in [6.45, 7) is 0. The van der Waals surface area contributed by atoms with Crippen LogP contribution < -0.4 is 10.1 Å². The lowest BCUT2D eigenvalue weighted by Gasteiger charge is -2.10. The fourth-order valence-corrected chi connectivity index (χ4v) is 3.94. The molecule has 0 saturated heterocycles. The van der Waals surface area contributed by atoms with E-state index in [4.69, 9.17) is 4.74 Å². The minimum Gasteiger partial charge on any atom is -0.481 e. The van der Waals surface area contributed by atoms with Gasteiger partial charge in [-0.25, -0.2) is 15.0 Å². The number of pyridine rings is 2. The smallest absolute Gasteiger partial charge is 0.276 e. The summed E-state index contributed by atoms with van der Waals surface area (Å²) in [5, 5.41) is 14.8. The first-order valence-corrected chi connectivity index (χ1v) is 10.3. The van der Waals surface area contributed by atoms with Crippen LogP contribution in [0.2, 0.25) is 0 Å². The average Bonchev–Trinajstić information content (AvgIpc) is 3.41. The van der Waals surface area contributed by atoms with Gasteiger partial charge in [-0.2, -0.15) is 10.2 Å². The number of aromatic nitrogens is 7. The normalized spacial score (nSPS) is 10.7. The largest absolute Gasteiger partial charge is 0.481 e. The number of amides is 1. The Balaban J connectivity index is 1.63. The van der Waals surface area contributed by atoms with Gasteiger partial charge in [0, 0.05) is 41.4 Å². The van der Waals surface area contributed by atoms with E-state index in [0.717, 1.165) is 4.90 Å². The summed E-state index contributed by atoms with van der Waals surface area (Å²) in [5.41, 5.74) is 0.269. The molecule has 4 aromatic heterocycles. The minimum absolute atomic E-state index is 0.269. The van der Waals surface area contributed by atoms with Crippen molar-refractivity contribution in [1.82, 2.24) is 34.9 Å². The van der Waals surface area contributed by atoms with Crippen LogP contribution in [-0.2, 0) is 7.05 Å². The molecule has 0 atom stereocenters. The second kappa shape index (κ2) is 8.97. The molecule has 0 aromatic carbocycles. The third-order valence-corrected chi connectivity index (χ3v) is 5.60. The van der Waals surface area contributed by atoms with Gasteiger partial charge < -0.3 is 10.1 Å². The number of ether oxygens (including phenoxy) is 1. The molecule has 4 rings (SSSR count). The number of aromatic amines is 1. The van der Waals surface area contributed by atoms with Gasteiger partial charge in [-0.15, -0.1) is 0 Å². The zero-order valence-corrected chi connectivity index (χ0v) is 17.6. The first-order valence-electron chi connectivity index (χ1n) is 8.64. The molecule has 4 heterocycles. The zero-order valence-electron chi connectivity index (χ0n) is 15.9. The fourth-order valence-electron chi connectivity index (χ4n) is 2.40. The lowest BCUT2D eigenvalue weighted by atomic mass is 10.3. The van der Waals surface area contributed by atoms with Gasteiger partial charge in [0.15, 0.2) is 11.0 Å². The molecule has 12 heteroatoms. The minimum atomic E-state index is -0.363. The Kier molecular flexibility index (Phi) is 5.95. The van der Waals surface area contributed by atoms with E-state index in [1.165, 1.54) is 29.9 Å². The zero-order chi connectivity index (χ0) is 20.9. The lowest BCUT2D eigenvalue weighted by Crippen LogP contribution is -2.16. The van der Waals surface area contributed by atoms with Gasteiger partial charge in [-0.05, 0) is 30.0 Å². The number of H-pyrrole nitrogens is 1. The molecule has 0 aliphatic rings. The standard InChI is InChI=1S/C18H16N8O2S2/c1-26-8-7-13(25-26)22-17(27)16-12(29-11-3-5-14(28-2)19-9-11)4-6-15(23-16)30-18-20-10-21-24-18/h3-10H,1-2H3,(H,20,21,24)(H,22,25,27). The SMILES string of the molecule is COc1ccc(Sc2ccc(Sc3ncn[nH]3)nc2C(=O)Nc2ccn(C)n2)cn1. The molecule has 10 nitrogen and oxygen atoms in total. The van der Waals surface area contributed by atoms with Gasteiger partial charge in [-0.1, -0.05) is 11.8 Å². The van der Waals surface area contributed by atoms with Crippen LogP contribution in [0.15, 0.2) is 69.0 Å². The molecule has 0 spiro atoms. The molecule has 0 aliphatic carbocycles. The van der Waals surface area contributed by atoms with Crippen LogP contribution in [0, 0.1) is 0 Å². The Bertz CT molecular complexity index is 1150. The molecule has 1 amide bonds. The van der Waals surface area contributed by atoms with E-state index in [-0.39, 0.29) is 11.6 Å². The molecule has 0 radical (unpaired) electrons. The highest BCUT2D eigenvalue weighted by molar-refractivity contribution is 7.99. The van der Waals surface area contributed by atoms with E-state index in [2.05, 4.69) is 35.6 Å². The Morgan fingerprint density at radius 2 is 2.07 bits per heavy atom. The second-order valence-corrected chi connectivity index (χ2v) is 7.98. The molecule has 0 unspecified atom stereocenters. The lowest BCUT2D eigenvalue weighted by molar-refractivity contribution is 0.101. The Hall–Kier alpha value is -3.38. The summed E-state index contributed by atoms with van der Waals surface area (Å²) in [6, 6.07) is 9.01. The summed E-state index contributed by atoms with van der Waals surface area (Å²) < 4.78 is 6.70. The van der Waals surface area contributed by atoms with Crippen LogP contribution in [0.3, 0.4) is 0 Å². The highest BCUT2D eigenvalue weighted by Crippen LogP contribution is 2.33. The maximum absolute atomic E-state index is 13.0. The van der Waals surface area contributed by atoms with E-state index in [1.54, 1.807) is 43.4 Å². The maximum atomic E-state index is 13.0. The van der Waals surface area contributed by atoms with Gasteiger partial charge in [0.2, 0.25) is 5.88 Å². The van der Waals surface area contributed by atoms with Crippen molar-refractivity contribution in [2.45, 2.75) is 20.0 Å². The van der Waals surface area contributed by atoms with Crippen LogP contribution in [0.4, 0.5) is 5.82 Å². The van der Waals surface area contributed by atoms with Crippen molar-refractivity contribution in [2.24, 2.45) is 7.05 Å². The number of carbonyl (C=O) groups is 1. The van der Waals surface area contributed by atoms with Crippen molar-refractivity contribution < 1.29 is 9.53 Å². The van der Waals surface area contributed by atoms with Crippen LogP contribution >= 0.6 is 23.5 Å². The number of hydrogen-bond donors (Lipinski definition) is 2. The summed E-state index contributed by atoms with van der Waals surface area (Å²) >= 11 is 2.66. The summed E-state index contributed by atoms with van der Waals surface area (Å²) in [7, 11) is 3.34. The van der Waals surface area contributed by atoms with Crippen LogP contribution in [0.25, 0.3) is 0 Å². The molecule has 4 aromatic rings. The van der Waals surface area contributed by atoms with E-state index >= 15 is 0 Å². The number of carbonyl (C=O) groups excluding carboxylic acids is 1. The van der Waals surface area contributed by atoms with Gasteiger partial charge in [0.1, 0.15) is 17.0 Å². The predicted molar refractivity (Wildman–Crippen MR) is 111 cm³/mol. The molecule has 2 N–H and O–H groups in total. The Morgan fingerprint density at radius 3 is 2.73 bits per heavy atom. The van der Waals surface area contributed by atoms with E-state index in [0.29, 0.717) is 26.8 Å². The third-order valence-electron chi connectivity index (χ3n) is 3.74. The molecular formula is C18H16N8O2S2. The molecule has 0 fully saturated rings. The second-order valence-electron chi connectivity index (χ2n) is 5.86. The van der Waals surface area contributed by atoms with Crippen molar-refractivity contribution in [3.63, 3.8) is 0 Å². The summed E-state index contributed by atoms with van der Waals surface area (Å²) in [6.07, 6.45) is 4.84. The molecule has 0 bridgehead atoms. The number of anilines is 1. The van der Waals surface area contributed by atoms with E-state index < -0.39 is 0 Å². The Labute approximate surface area is 179 Å². The number of hydrogen-bond acceptors (Lipinski definition) is 9. The van der Waals surface area contributed by atoms with Crippen molar-refractivity contribution >= 4 is 35.2 Å². The Morgan fingerprint density at radius 1 is 1.17 bits per heavy atom. The summed E-state index contributed by atoms with van der Waals surface area (Å²) in [5.74, 6) is 0.599. The number of aryl methyl sites for hydroxylation is 1. The fraction of sp³-hybridized carbons (Fsp3) is 0.111. The molecule has 0 saturated carbocycles. The van der Waals surface area contributed by atoms with Crippen LogP contribution in [0.5, 0.6) is 5.88 Å². The van der Waals surface area contributed by atoms with Gasteiger partial charge >= 0.3 is 0 Å². The number of methoxy groups -OCH3 is 1. The van der Waals surface area contributed by atoms with Crippen molar-refractivity contribution in [3.8, 4) is 5.88 Å². The van der Waals surface area contributed by atoms with Gasteiger partial charge in [0.25, 0.3) is 5.91 Å². The number of rotatable bonds is 7. The number of nitrogens with zero attached hydrogens (tertiary/aromatic N) is 6. The van der Waals surface area contributed by atoms with Gasteiger partial charge in [0.05, 0.1) is 7.11 Å². The highest BCUT2D eigenvalue weighted by Gasteiger charge is 2.18. The first kappa shape index (κ1) is 19.9. The molecular weight excluding hydrogens is 424 g/mol. The van der Waals surface area contributed by atoms with E-state index in [1.807, 2.05) is 18.2 Å². The molecule has 30 heavy (non-hydrogen) atoms. The van der Waals surface area contributed by atoms with Crippen molar-refractivity contribution in [2.75, 3.05) is 12.4 Å². The first-order chi connectivity index (χ1) is 14.6. The van der Waals surface area contributed by atoms with Crippen molar-refractivity contribution in [1.29, 1.82) is 0 Å². The molecule has 152 valence electrons. The van der Waals surface area contributed by atoms with Crippen LogP contribution in [0.1, 0.15) is 10.5 Å². The van der Waals surface area contributed by atoms with Crippen LogP contribution in [-0.4, -0.2) is 47.9 Å². The number of nitrogens with one attached hydrogen (secondary N) is 2. The highest BCUT2D eigenvalue weighted by atomic mass is 32.2. The quantitative estimate of drug-likeness (QED) is 0.446. The monoisotopic (exact) mass is 440 g/mol. The topological polar surface area (TPSA) is 124 Å². The maximum Gasteiger partial charge on any atom is 0.276 e.